The Morgan fingerprint density at radius 2 is 2.05 bits per heavy atom. The zero-order chi connectivity index (χ0) is 14.5. The van der Waals surface area contributed by atoms with Crippen LogP contribution in [-0.2, 0) is 4.79 Å². The smallest absolute Gasteiger partial charge is 0.251 e. The highest BCUT2D eigenvalue weighted by atomic mass is 16.2. The van der Waals surface area contributed by atoms with Crippen molar-refractivity contribution >= 4 is 17.5 Å². The summed E-state index contributed by atoms with van der Waals surface area (Å²) in [5.41, 5.74) is 1.28. The van der Waals surface area contributed by atoms with Crippen LogP contribution in [0.1, 0.15) is 49.9 Å². The summed E-state index contributed by atoms with van der Waals surface area (Å²) in [4.78, 5) is 23.7. The Bertz CT molecular complexity index is 493. The maximum atomic E-state index is 11.9. The fourth-order valence-corrected chi connectivity index (χ4v) is 1.88. The van der Waals surface area contributed by atoms with Crippen LogP contribution >= 0.6 is 0 Å². The molecule has 2 N–H and O–H groups in total. The lowest BCUT2D eigenvalue weighted by Gasteiger charge is -2.09. The normalized spacial score (nSPS) is 14.2. The van der Waals surface area contributed by atoms with Crippen LogP contribution in [0.15, 0.2) is 24.3 Å². The van der Waals surface area contributed by atoms with E-state index in [9.17, 15) is 9.59 Å². The second kappa shape index (κ2) is 6.55. The number of amides is 2. The van der Waals surface area contributed by atoms with E-state index in [-0.39, 0.29) is 11.8 Å². The lowest BCUT2D eigenvalue weighted by atomic mass is 10.1. The molecule has 0 aliphatic heterocycles. The van der Waals surface area contributed by atoms with Crippen molar-refractivity contribution in [1.82, 2.24) is 5.32 Å². The average molecular weight is 274 g/mol. The fourth-order valence-electron chi connectivity index (χ4n) is 1.88. The number of carbonyl (C=O) groups excluding carboxylic acids is 2. The molecule has 108 valence electrons. The van der Waals surface area contributed by atoms with Crippen molar-refractivity contribution in [2.45, 2.75) is 45.6 Å². The first-order chi connectivity index (χ1) is 9.54. The van der Waals surface area contributed by atoms with Crippen LogP contribution in [0.2, 0.25) is 0 Å². The van der Waals surface area contributed by atoms with Gasteiger partial charge in [-0.25, -0.2) is 0 Å². The van der Waals surface area contributed by atoms with Crippen LogP contribution in [0.5, 0.6) is 0 Å². The van der Waals surface area contributed by atoms with Crippen molar-refractivity contribution in [2.75, 3.05) is 5.32 Å². The van der Waals surface area contributed by atoms with Gasteiger partial charge >= 0.3 is 0 Å². The minimum Gasteiger partial charge on any atom is -0.349 e. The minimum atomic E-state index is -0.0641. The number of nitrogens with one attached hydrogen (secondary N) is 2. The first-order valence-corrected chi connectivity index (χ1v) is 7.25. The number of hydrogen-bond acceptors (Lipinski definition) is 2. The summed E-state index contributed by atoms with van der Waals surface area (Å²) in [5, 5.41) is 5.78. The Morgan fingerprint density at radius 1 is 1.30 bits per heavy atom. The fraction of sp³-hybridized carbons (Fsp3) is 0.500. The standard InChI is InChI=1S/C16H22N2O2/c1-11(2)6-9-15(19)17-14-5-3-4-12(10-14)16(20)18-13-7-8-13/h3-5,10-11,13H,6-9H2,1-2H3,(H,17,19)(H,18,20). The Hall–Kier alpha value is -1.84. The third-order valence-corrected chi connectivity index (χ3v) is 3.27. The van der Waals surface area contributed by atoms with E-state index in [1.807, 2.05) is 0 Å². The molecule has 20 heavy (non-hydrogen) atoms. The summed E-state index contributed by atoms with van der Waals surface area (Å²) in [6.07, 6.45) is 3.51. The molecular weight excluding hydrogens is 252 g/mol. The van der Waals surface area contributed by atoms with Crippen LogP contribution in [0.4, 0.5) is 5.69 Å². The van der Waals surface area contributed by atoms with Crippen LogP contribution in [0, 0.1) is 5.92 Å². The lowest BCUT2D eigenvalue weighted by molar-refractivity contribution is -0.116. The molecular formula is C16H22N2O2. The van der Waals surface area contributed by atoms with Crippen LogP contribution in [0.25, 0.3) is 0 Å². The average Bonchev–Trinajstić information content (AvgIpc) is 3.20. The molecule has 0 spiro atoms. The molecule has 0 bridgehead atoms. The van der Waals surface area contributed by atoms with E-state index in [0.29, 0.717) is 29.6 Å². The molecule has 1 fully saturated rings. The van der Waals surface area contributed by atoms with Gasteiger partial charge in [0.1, 0.15) is 0 Å². The van der Waals surface area contributed by atoms with E-state index in [2.05, 4.69) is 24.5 Å². The molecule has 1 aliphatic rings. The SMILES string of the molecule is CC(C)CCC(=O)Nc1cccc(C(=O)NC2CC2)c1. The van der Waals surface area contributed by atoms with Crippen molar-refractivity contribution in [3.8, 4) is 0 Å². The van der Waals surface area contributed by atoms with Gasteiger partial charge in [0.2, 0.25) is 5.91 Å². The molecule has 0 saturated heterocycles. The van der Waals surface area contributed by atoms with Gasteiger partial charge in [-0.15, -0.1) is 0 Å². The van der Waals surface area contributed by atoms with Crippen molar-refractivity contribution in [1.29, 1.82) is 0 Å². The number of hydrogen-bond donors (Lipinski definition) is 2. The molecule has 4 heteroatoms. The van der Waals surface area contributed by atoms with Crippen LogP contribution in [-0.4, -0.2) is 17.9 Å². The molecule has 1 aromatic carbocycles. The minimum absolute atomic E-state index is 0.00143. The largest absolute Gasteiger partial charge is 0.349 e. The van der Waals surface area contributed by atoms with E-state index in [0.717, 1.165) is 19.3 Å². The molecule has 1 saturated carbocycles. The molecule has 0 atom stereocenters. The maximum Gasteiger partial charge on any atom is 0.251 e. The molecule has 2 rings (SSSR count). The predicted molar refractivity (Wildman–Crippen MR) is 79.6 cm³/mol. The van der Waals surface area contributed by atoms with Gasteiger partial charge in [-0.1, -0.05) is 19.9 Å². The highest BCUT2D eigenvalue weighted by Crippen LogP contribution is 2.20. The van der Waals surface area contributed by atoms with Gasteiger partial charge in [0, 0.05) is 23.7 Å². The lowest BCUT2D eigenvalue weighted by Crippen LogP contribution is -2.25. The Kier molecular flexibility index (Phi) is 4.77. The zero-order valence-electron chi connectivity index (χ0n) is 12.1. The predicted octanol–water partition coefficient (Wildman–Crippen LogP) is 2.95. The number of carbonyl (C=O) groups is 2. The molecule has 1 aromatic rings. The summed E-state index contributed by atoms with van der Waals surface area (Å²) in [5.74, 6) is 0.445. The molecule has 0 radical (unpaired) electrons. The summed E-state index contributed by atoms with van der Waals surface area (Å²) in [6.45, 7) is 4.19. The van der Waals surface area contributed by atoms with Crippen molar-refractivity contribution in [3.05, 3.63) is 29.8 Å². The molecule has 1 aliphatic carbocycles. The van der Waals surface area contributed by atoms with Gasteiger partial charge in [-0.3, -0.25) is 9.59 Å². The molecule has 0 unspecified atom stereocenters. The van der Waals surface area contributed by atoms with E-state index < -0.39 is 0 Å². The summed E-state index contributed by atoms with van der Waals surface area (Å²) < 4.78 is 0. The van der Waals surface area contributed by atoms with Crippen molar-refractivity contribution in [3.63, 3.8) is 0 Å². The summed E-state index contributed by atoms with van der Waals surface area (Å²) in [7, 11) is 0. The topological polar surface area (TPSA) is 58.2 Å². The molecule has 2 amide bonds. The van der Waals surface area contributed by atoms with Gasteiger partial charge in [0.25, 0.3) is 5.91 Å². The molecule has 0 heterocycles. The van der Waals surface area contributed by atoms with Crippen LogP contribution in [0.3, 0.4) is 0 Å². The summed E-state index contributed by atoms with van der Waals surface area (Å²) >= 11 is 0. The first kappa shape index (κ1) is 14.6. The number of anilines is 1. The molecule has 4 nitrogen and oxygen atoms in total. The third-order valence-electron chi connectivity index (χ3n) is 3.27. The second-order valence-electron chi connectivity index (χ2n) is 5.81. The zero-order valence-corrected chi connectivity index (χ0v) is 12.1. The van der Waals surface area contributed by atoms with E-state index in [1.54, 1.807) is 24.3 Å². The number of rotatable bonds is 6. The first-order valence-electron chi connectivity index (χ1n) is 7.25. The van der Waals surface area contributed by atoms with Gasteiger partial charge < -0.3 is 10.6 Å². The Labute approximate surface area is 119 Å². The van der Waals surface area contributed by atoms with E-state index in [4.69, 9.17) is 0 Å². The highest BCUT2D eigenvalue weighted by molar-refractivity contribution is 5.97. The monoisotopic (exact) mass is 274 g/mol. The third kappa shape index (κ3) is 4.68. The second-order valence-corrected chi connectivity index (χ2v) is 5.81. The van der Waals surface area contributed by atoms with E-state index in [1.165, 1.54) is 0 Å². The highest BCUT2D eigenvalue weighted by Gasteiger charge is 2.23. The van der Waals surface area contributed by atoms with Crippen LogP contribution < -0.4 is 10.6 Å². The van der Waals surface area contributed by atoms with Gasteiger partial charge in [-0.2, -0.15) is 0 Å². The Balaban J connectivity index is 1.91. The van der Waals surface area contributed by atoms with E-state index >= 15 is 0 Å². The molecule has 0 aromatic heterocycles. The maximum absolute atomic E-state index is 11.9. The summed E-state index contributed by atoms with van der Waals surface area (Å²) in [6, 6.07) is 7.43. The van der Waals surface area contributed by atoms with Gasteiger partial charge in [-0.05, 0) is 43.4 Å². The van der Waals surface area contributed by atoms with Gasteiger partial charge in [0.05, 0.1) is 0 Å². The quantitative estimate of drug-likeness (QED) is 0.838. The van der Waals surface area contributed by atoms with Gasteiger partial charge in [0.15, 0.2) is 0 Å². The Morgan fingerprint density at radius 3 is 2.70 bits per heavy atom. The van der Waals surface area contributed by atoms with Crippen molar-refractivity contribution in [2.24, 2.45) is 5.92 Å². The van der Waals surface area contributed by atoms with Crippen molar-refractivity contribution < 1.29 is 9.59 Å². The number of benzene rings is 1.